The van der Waals surface area contributed by atoms with Crippen molar-refractivity contribution in [2.45, 2.75) is 38.8 Å². The monoisotopic (exact) mass is 330 g/mol. The zero-order valence-corrected chi connectivity index (χ0v) is 14.1. The summed E-state index contributed by atoms with van der Waals surface area (Å²) < 4.78 is 5.83. The molecular formula is C16H24Cl2N2O. The van der Waals surface area contributed by atoms with Gasteiger partial charge < -0.3 is 10.1 Å². The van der Waals surface area contributed by atoms with E-state index in [0.717, 1.165) is 50.0 Å². The molecule has 0 bridgehead atoms. The summed E-state index contributed by atoms with van der Waals surface area (Å²) in [7, 11) is 0. The quantitative estimate of drug-likeness (QED) is 0.896. The van der Waals surface area contributed by atoms with Crippen LogP contribution in [-0.2, 0) is 13.0 Å². The van der Waals surface area contributed by atoms with Gasteiger partial charge in [-0.15, -0.1) is 12.4 Å². The number of hydrogen-bond donors (Lipinski definition) is 1. The highest BCUT2D eigenvalue weighted by Crippen LogP contribution is 2.34. The van der Waals surface area contributed by atoms with Crippen molar-refractivity contribution in [2.75, 3.05) is 26.2 Å². The van der Waals surface area contributed by atoms with Gasteiger partial charge in [0.1, 0.15) is 5.75 Å². The van der Waals surface area contributed by atoms with Crippen molar-refractivity contribution in [3.05, 3.63) is 28.3 Å². The van der Waals surface area contributed by atoms with Gasteiger partial charge in [-0.3, -0.25) is 4.90 Å². The summed E-state index contributed by atoms with van der Waals surface area (Å²) in [6, 6.07) is 4.77. The maximum absolute atomic E-state index is 6.26. The Morgan fingerprint density at radius 3 is 3.00 bits per heavy atom. The van der Waals surface area contributed by atoms with Gasteiger partial charge in [0.2, 0.25) is 0 Å². The van der Waals surface area contributed by atoms with Crippen LogP contribution in [0.1, 0.15) is 30.9 Å². The molecule has 0 aliphatic carbocycles. The van der Waals surface area contributed by atoms with E-state index in [-0.39, 0.29) is 12.4 Å². The average molecular weight is 331 g/mol. The average Bonchev–Trinajstić information content (AvgIpc) is 3.08. The number of fused-ring (bicyclic) bond motifs is 1. The van der Waals surface area contributed by atoms with Crippen LogP contribution in [0.15, 0.2) is 12.1 Å². The fourth-order valence-corrected chi connectivity index (χ4v) is 3.57. The molecule has 3 nitrogen and oxygen atoms in total. The van der Waals surface area contributed by atoms with Crippen molar-refractivity contribution in [2.24, 2.45) is 0 Å². The van der Waals surface area contributed by atoms with E-state index < -0.39 is 0 Å². The molecule has 5 heteroatoms. The van der Waals surface area contributed by atoms with Crippen LogP contribution in [-0.4, -0.2) is 37.2 Å². The Morgan fingerprint density at radius 1 is 1.43 bits per heavy atom. The zero-order chi connectivity index (χ0) is 13.9. The SMILES string of the molecule is CCCN(Cc1cc(Cl)cc2c1OCC2)C1CCNC1.Cl. The topological polar surface area (TPSA) is 24.5 Å². The highest BCUT2D eigenvalue weighted by Gasteiger charge is 2.24. The molecular weight excluding hydrogens is 307 g/mol. The third-order valence-electron chi connectivity index (χ3n) is 4.26. The van der Waals surface area contributed by atoms with Crippen molar-refractivity contribution in [1.82, 2.24) is 10.2 Å². The Labute approximate surface area is 138 Å². The highest BCUT2D eigenvalue weighted by atomic mass is 35.5. The Balaban J connectivity index is 0.00000161. The lowest BCUT2D eigenvalue weighted by Crippen LogP contribution is -2.37. The molecule has 0 amide bonds. The van der Waals surface area contributed by atoms with Crippen molar-refractivity contribution in [3.8, 4) is 5.75 Å². The number of nitrogens with zero attached hydrogens (tertiary/aromatic N) is 1. The minimum Gasteiger partial charge on any atom is -0.493 e. The van der Waals surface area contributed by atoms with E-state index in [1.54, 1.807) is 0 Å². The van der Waals surface area contributed by atoms with Crippen molar-refractivity contribution < 1.29 is 4.74 Å². The molecule has 2 heterocycles. The van der Waals surface area contributed by atoms with Gasteiger partial charge in [-0.25, -0.2) is 0 Å². The van der Waals surface area contributed by atoms with Crippen LogP contribution in [0.4, 0.5) is 0 Å². The summed E-state index contributed by atoms with van der Waals surface area (Å²) >= 11 is 6.26. The predicted molar refractivity (Wildman–Crippen MR) is 89.9 cm³/mol. The predicted octanol–water partition coefficient (Wildman–Crippen LogP) is 3.27. The van der Waals surface area contributed by atoms with E-state index in [1.165, 1.54) is 24.0 Å². The molecule has 1 fully saturated rings. The summed E-state index contributed by atoms with van der Waals surface area (Å²) in [6.45, 7) is 7.35. The molecule has 1 atom stereocenters. The van der Waals surface area contributed by atoms with E-state index in [2.05, 4.69) is 29.3 Å². The van der Waals surface area contributed by atoms with Crippen molar-refractivity contribution >= 4 is 24.0 Å². The number of hydrogen-bond acceptors (Lipinski definition) is 3. The molecule has 2 aliphatic rings. The van der Waals surface area contributed by atoms with Gasteiger partial charge in [0, 0.05) is 36.1 Å². The molecule has 0 aromatic heterocycles. The number of halogens is 2. The molecule has 2 aliphatic heterocycles. The molecule has 1 aromatic carbocycles. The number of benzene rings is 1. The zero-order valence-electron chi connectivity index (χ0n) is 12.5. The maximum atomic E-state index is 6.26. The summed E-state index contributed by atoms with van der Waals surface area (Å²) in [6.07, 6.45) is 3.41. The highest BCUT2D eigenvalue weighted by molar-refractivity contribution is 6.30. The van der Waals surface area contributed by atoms with Crippen LogP contribution >= 0.6 is 24.0 Å². The van der Waals surface area contributed by atoms with Crippen LogP contribution in [0.25, 0.3) is 0 Å². The molecule has 0 spiro atoms. The molecule has 1 aromatic rings. The van der Waals surface area contributed by atoms with Crippen molar-refractivity contribution in [1.29, 1.82) is 0 Å². The first-order valence-corrected chi connectivity index (χ1v) is 8.04. The largest absolute Gasteiger partial charge is 0.493 e. The maximum Gasteiger partial charge on any atom is 0.127 e. The Bertz CT molecular complexity index is 476. The fraction of sp³-hybridized carbons (Fsp3) is 0.625. The van der Waals surface area contributed by atoms with Gasteiger partial charge >= 0.3 is 0 Å². The lowest BCUT2D eigenvalue weighted by Gasteiger charge is -2.28. The Morgan fingerprint density at radius 2 is 2.29 bits per heavy atom. The third kappa shape index (κ3) is 3.84. The number of ether oxygens (including phenoxy) is 1. The minimum absolute atomic E-state index is 0. The van der Waals surface area contributed by atoms with Crippen LogP contribution in [0.2, 0.25) is 5.02 Å². The van der Waals surface area contributed by atoms with Gasteiger partial charge in [-0.2, -0.15) is 0 Å². The van der Waals surface area contributed by atoms with E-state index in [9.17, 15) is 0 Å². The second-order valence-corrected chi connectivity index (χ2v) is 6.21. The van der Waals surface area contributed by atoms with Crippen LogP contribution in [0, 0.1) is 0 Å². The first-order valence-electron chi connectivity index (χ1n) is 7.66. The standard InChI is InChI=1S/C16H23ClN2O.ClH/c1-2-6-19(15-3-5-18-10-15)11-13-9-14(17)8-12-4-7-20-16(12)13;/h8-9,15,18H,2-7,10-11H2,1H3;1H. The van der Waals surface area contributed by atoms with Crippen LogP contribution in [0.5, 0.6) is 5.75 Å². The van der Waals surface area contributed by atoms with Crippen LogP contribution in [0.3, 0.4) is 0 Å². The fourth-order valence-electron chi connectivity index (χ4n) is 3.31. The smallest absolute Gasteiger partial charge is 0.127 e. The van der Waals surface area contributed by atoms with Crippen LogP contribution < -0.4 is 10.1 Å². The molecule has 21 heavy (non-hydrogen) atoms. The molecule has 0 saturated carbocycles. The van der Waals surface area contributed by atoms with E-state index in [0.29, 0.717) is 6.04 Å². The number of nitrogens with one attached hydrogen (secondary N) is 1. The van der Waals surface area contributed by atoms with Gasteiger partial charge in [-0.05, 0) is 43.6 Å². The van der Waals surface area contributed by atoms with Gasteiger partial charge in [0.15, 0.2) is 0 Å². The minimum atomic E-state index is 0. The van der Waals surface area contributed by atoms with E-state index >= 15 is 0 Å². The van der Waals surface area contributed by atoms with Gasteiger partial charge in [0.25, 0.3) is 0 Å². The summed E-state index contributed by atoms with van der Waals surface area (Å²) in [5, 5.41) is 4.30. The molecule has 1 saturated heterocycles. The van der Waals surface area contributed by atoms with Crippen molar-refractivity contribution in [3.63, 3.8) is 0 Å². The third-order valence-corrected chi connectivity index (χ3v) is 4.48. The summed E-state index contributed by atoms with van der Waals surface area (Å²) in [5.74, 6) is 1.08. The lowest BCUT2D eigenvalue weighted by molar-refractivity contribution is 0.197. The molecule has 1 N–H and O–H groups in total. The second kappa shape index (κ2) is 7.68. The molecule has 0 radical (unpaired) electrons. The molecule has 1 unspecified atom stereocenters. The summed E-state index contributed by atoms with van der Waals surface area (Å²) in [4.78, 5) is 2.58. The normalized spacial score (nSPS) is 20.2. The Kier molecular flexibility index (Phi) is 6.18. The van der Waals surface area contributed by atoms with Gasteiger partial charge in [-0.1, -0.05) is 18.5 Å². The van der Waals surface area contributed by atoms with E-state index in [1.807, 2.05) is 0 Å². The Hall–Kier alpha value is -0.480. The number of rotatable bonds is 5. The molecule has 118 valence electrons. The second-order valence-electron chi connectivity index (χ2n) is 5.77. The first-order chi connectivity index (χ1) is 9.78. The van der Waals surface area contributed by atoms with E-state index in [4.69, 9.17) is 16.3 Å². The molecule has 3 rings (SSSR count). The first kappa shape index (κ1) is 16.9. The summed E-state index contributed by atoms with van der Waals surface area (Å²) in [5.41, 5.74) is 2.53. The van der Waals surface area contributed by atoms with Gasteiger partial charge in [0.05, 0.1) is 6.61 Å². The lowest BCUT2D eigenvalue weighted by atomic mass is 10.1.